The van der Waals surface area contributed by atoms with Gasteiger partial charge in [0.1, 0.15) is 6.54 Å². The number of nitrogens with zero attached hydrogens (tertiary/aromatic N) is 5. The van der Waals surface area contributed by atoms with E-state index in [1.807, 2.05) is 0 Å². The Morgan fingerprint density at radius 1 is 1.07 bits per heavy atom. The quantitative estimate of drug-likeness (QED) is 0.527. The highest BCUT2D eigenvalue weighted by molar-refractivity contribution is 7.86. The molecule has 0 unspecified atom stereocenters. The van der Waals surface area contributed by atoms with Crippen LogP contribution in [0.25, 0.3) is 0 Å². The maximum atomic E-state index is 12.9. The van der Waals surface area contributed by atoms with Gasteiger partial charge in [-0.25, -0.2) is 4.79 Å². The first-order valence-electron chi connectivity index (χ1n) is 10.8. The van der Waals surface area contributed by atoms with Crippen LogP contribution < -0.4 is 0 Å². The number of likely N-dealkylation sites (N-methyl/N-ethyl adjacent to an activating group) is 1. The fourth-order valence-corrected chi connectivity index (χ4v) is 6.00. The first-order chi connectivity index (χ1) is 14.2. The first kappa shape index (κ1) is 23.0. The van der Waals surface area contributed by atoms with Gasteiger partial charge in [0, 0.05) is 59.3 Å². The number of imide groups is 1. The topological polar surface area (TPSA) is 102 Å². The van der Waals surface area contributed by atoms with Crippen molar-refractivity contribution in [3.05, 3.63) is 0 Å². The highest BCUT2D eigenvalue weighted by Gasteiger charge is 2.36. The number of hydrogen-bond acceptors (Lipinski definition) is 5. The molecule has 3 aliphatic rings. The summed E-state index contributed by atoms with van der Waals surface area (Å²) >= 11 is 0. The molecule has 4 amide bonds. The van der Waals surface area contributed by atoms with Crippen molar-refractivity contribution in [1.29, 1.82) is 0 Å². The van der Waals surface area contributed by atoms with E-state index in [1.54, 1.807) is 19.0 Å². The van der Waals surface area contributed by atoms with Crippen LogP contribution in [0.15, 0.2) is 0 Å². The third-order valence-corrected chi connectivity index (χ3v) is 8.42. The molecule has 2 saturated heterocycles. The van der Waals surface area contributed by atoms with Crippen molar-refractivity contribution >= 4 is 28.1 Å². The molecular formula is C19H33N5O5S. The number of amides is 4. The predicted molar refractivity (Wildman–Crippen MR) is 111 cm³/mol. The smallest absolute Gasteiger partial charge is 0.326 e. The van der Waals surface area contributed by atoms with Gasteiger partial charge in [-0.15, -0.1) is 0 Å². The molecule has 0 aromatic carbocycles. The minimum atomic E-state index is -3.51. The van der Waals surface area contributed by atoms with Crippen molar-refractivity contribution in [2.75, 3.05) is 53.4 Å². The summed E-state index contributed by atoms with van der Waals surface area (Å²) in [6, 6.07) is -0.258. The van der Waals surface area contributed by atoms with Crippen LogP contribution in [0.2, 0.25) is 0 Å². The van der Waals surface area contributed by atoms with E-state index in [0.717, 1.165) is 25.7 Å². The van der Waals surface area contributed by atoms with Gasteiger partial charge in [0.2, 0.25) is 11.8 Å². The molecular weight excluding hydrogens is 410 g/mol. The third-order valence-electron chi connectivity index (χ3n) is 6.37. The molecule has 3 fully saturated rings. The number of hydrogen-bond donors (Lipinski definition) is 0. The van der Waals surface area contributed by atoms with E-state index in [-0.39, 0.29) is 43.4 Å². The Hall–Kier alpha value is -1.72. The van der Waals surface area contributed by atoms with Gasteiger partial charge in [-0.3, -0.25) is 14.5 Å². The standard InChI is InChI=1S/C19H33N5O5S/c1-20-15-18(26)24(19(20)27)10-6-9-17(25)22-11-13-23(14-12-22)30(28,29)21(2)16-7-4-3-5-8-16/h16H,3-15H2,1-2H3. The maximum Gasteiger partial charge on any atom is 0.326 e. The lowest BCUT2D eigenvalue weighted by Gasteiger charge is -2.38. The Balaban J connectivity index is 1.43. The zero-order chi connectivity index (χ0) is 21.9. The van der Waals surface area contributed by atoms with Crippen molar-refractivity contribution in [2.45, 2.75) is 51.0 Å². The molecule has 1 saturated carbocycles. The van der Waals surface area contributed by atoms with E-state index in [9.17, 15) is 22.8 Å². The molecule has 0 radical (unpaired) electrons. The molecule has 0 aromatic heterocycles. The zero-order valence-corrected chi connectivity index (χ0v) is 18.8. The van der Waals surface area contributed by atoms with Crippen LogP contribution in [0.1, 0.15) is 44.9 Å². The molecule has 0 bridgehead atoms. The lowest BCUT2D eigenvalue weighted by molar-refractivity contribution is -0.133. The molecule has 0 atom stereocenters. The van der Waals surface area contributed by atoms with Gasteiger partial charge in [0.05, 0.1) is 0 Å². The molecule has 3 rings (SSSR count). The van der Waals surface area contributed by atoms with Gasteiger partial charge in [0.15, 0.2) is 0 Å². The highest BCUT2D eigenvalue weighted by Crippen LogP contribution is 2.25. The van der Waals surface area contributed by atoms with Gasteiger partial charge in [0.25, 0.3) is 10.2 Å². The summed E-state index contributed by atoms with van der Waals surface area (Å²) < 4.78 is 28.9. The SMILES string of the molecule is CN1CC(=O)N(CCCC(=O)N2CCN(S(=O)(=O)N(C)C3CCCCC3)CC2)C1=O. The van der Waals surface area contributed by atoms with Gasteiger partial charge in [-0.1, -0.05) is 19.3 Å². The molecule has 2 aliphatic heterocycles. The van der Waals surface area contributed by atoms with Crippen LogP contribution in [0.5, 0.6) is 0 Å². The summed E-state index contributed by atoms with van der Waals surface area (Å²) in [6.07, 6.45) is 5.76. The van der Waals surface area contributed by atoms with Gasteiger partial charge < -0.3 is 9.80 Å². The second kappa shape index (κ2) is 9.61. The molecule has 11 heteroatoms. The molecule has 0 spiro atoms. The number of carbonyl (C=O) groups is 3. The summed E-state index contributed by atoms with van der Waals surface area (Å²) in [7, 11) is -0.272. The Morgan fingerprint density at radius 2 is 1.70 bits per heavy atom. The van der Waals surface area contributed by atoms with Crippen molar-refractivity contribution in [2.24, 2.45) is 0 Å². The van der Waals surface area contributed by atoms with Crippen LogP contribution >= 0.6 is 0 Å². The zero-order valence-electron chi connectivity index (χ0n) is 18.0. The second-order valence-corrected chi connectivity index (χ2v) is 10.4. The van der Waals surface area contributed by atoms with E-state index >= 15 is 0 Å². The second-order valence-electron chi connectivity index (χ2n) is 8.38. The number of piperazine rings is 1. The van der Waals surface area contributed by atoms with Crippen LogP contribution in [0.4, 0.5) is 4.79 Å². The van der Waals surface area contributed by atoms with Crippen LogP contribution in [-0.4, -0.2) is 109 Å². The van der Waals surface area contributed by atoms with Crippen LogP contribution in [0.3, 0.4) is 0 Å². The molecule has 1 aliphatic carbocycles. The normalized spacial score (nSPS) is 22.4. The lowest BCUT2D eigenvalue weighted by Crippen LogP contribution is -2.55. The van der Waals surface area contributed by atoms with Crippen LogP contribution in [-0.2, 0) is 19.8 Å². The molecule has 30 heavy (non-hydrogen) atoms. The van der Waals surface area contributed by atoms with Crippen molar-refractivity contribution in [3.63, 3.8) is 0 Å². The summed E-state index contributed by atoms with van der Waals surface area (Å²) in [5, 5.41) is 0. The molecule has 0 aromatic rings. The van der Waals surface area contributed by atoms with Gasteiger partial charge in [-0.2, -0.15) is 17.0 Å². The van der Waals surface area contributed by atoms with Crippen molar-refractivity contribution < 1.29 is 22.8 Å². The number of carbonyl (C=O) groups excluding carboxylic acids is 3. The van der Waals surface area contributed by atoms with Crippen molar-refractivity contribution in [1.82, 2.24) is 23.3 Å². The Labute approximate surface area is 178 Å². The van der Waals surface area contributed by atoms with E-state index in [4.69, 9.17) is 0 Å². The molecule has 10 nitrogen and oxygen atoms in total. The average molecular weight is 444 g/mol. The van der Waals surface area contributed by atoms with Crippen LogP contribution in [0, 0.1) is 0 Å². The Morgan fingerprint density at radius 3 is 2.27 bits per heavy atom. The minimum absolute atomic E-state index is 0.0680. The molecule has 0 N–H and O–H groups in total. The van der Waals surface area contributed by atoms with Gasteiger partial charge in [-0.05, 0) is 19.3 Å². The fraction of sp³-hybridized carbons (Fsp3) is 0.842. The van der Waals surface area contributed by atoms with Crippen molar-refractivity contribution in [3.8, 4) is 0 Å². The molecule has 2 heterocycles. The third kappa shape index (κ3) is 4.94. The Kier molecular flexibility index (Phi) is 7.35. The van der Waals surface area contributed by atoms with E-state index < -0.39 is 10.2 Å². The molecule has 170 valence electrons. The summed E-state index contributed by atoms with van der Waals surface area (Å²) in [5.74, 6) is -0.309. The average Bonchev–Trinajstić information content (AvgIpc) is 2.99. The first-order valence-corrected chi connectivity index (χ1v) is 12.2. The lowest BCUT2D eigenvalue weighted by atomic mass is 9.96. The van der Waals surface area contributed by atoms with Gasteiger partial charge >= 0.3 is 6.03 Å². The monoisotopic (exact) mass is 443 g/mol. The van der Waals surface area contributed by atoms with E-state index in [0.29, 0.717) is 32.6 Å². The van der Waals surface area contributed by atoms with E-state index in [1.165, 1.54) is 24.8 Å². The summed E-state index contributed by atoms with van der Waals surface area (Å²) in [6.45, 7) is 1.62. The Bertz CT molecular complexity index is 759. The summed E-state index contributed by atoms with van der Waals surface area (Å²) in [5.41, 5.74) is 0. The largest absolute Gasteiger partial charge is 0.340 e. The maximum absolute atomic E-state index is 12.9. The minimum Gasteiger partial charge on any atom is -0.340 e. The summed E-state index contributed by atoms with van der Waals surface area (Å²) in [4.78, 5) is 40.3. The number of rotatable bonds is 7. The number of urea groups is 1. The predicted octanol–water partition coefficient (Wildman–Crippen LogP) is 0.314. The fourth-order valence-electron chi connectivity index (χ4n) is 4.42. The highest BCUT2D eigenvalue weighted by atomic mass is 32.2. The van der Waals surface area contributed by atoms with E-state index in [2.05, 4.69) is 0 Å².